The molecule has 5 rings (SSSR count). The number of benzene rings is 1. The maximum Gasteiger partial charge on any atom is 0.410 e. The van der Waals surface area contributed by atoms with Gasteiger partial charge in [0.25, 0.3) is 0 Å². The molecule has 4 heterocycles. The van der Waals surface area contributed by atoms with Crippen molar-refractivity contribution in [3.63, 3.8) is 0 Å². The molecule has 0 bridgehead atoms. The highest BCUT2D eigenvalue weighted by atomic mass is 35.5. The fourth-order valence-corrected chi connectivity index (χ4v) is 6.28. The molecule has 3 fully saturated rings. The zero-order valence-electron chi connectivity index (χ0n) is 21.7. The third-order valence-corrected chi connectivity index (χ3v) is 8.21. The van der Waals surface area contributed by atoms with Crippen molar-refractivity contribution in [1.29, 1.82) is 0 Å². The minimum atomic E-state index is -0.589. The lowest BCUT2D eigenvalue weighted by atomic mass is 9.80. The SMILES string of the molecule is CC(C)(C)OC(=O)N1CCOC[C@H]1c1cc(Cl)cc2c1CN(C(=O)N1CCC3(CCOCC3)C1)CC2. The van der Waals surface area contributed by atoms with Gasteiger partial charge in [0.1, 0.15) is 5.60 Å². The number of nitrogens with zero attached hydrogens (tertiary/aromatic N) is 3. The Kier molecular flexibility index (Phi) is 7.13. The zero-order valence-corrected chi connectivity index (χ0v) is 22.4. The summed E-state index contributed by atoms with van der Waals surface area (Å²) in [6, 6.07) is 3.72. The van der Waals surface area contributed by atoms with E-state index in [4.69, 9.17) is 25.8 Å². The number of hydrogen-bond donors (Lipinski definition) is 0. The van der Waals surface area contributed by atoms with Gasteiger partial charge in [0, 0.05) is 51.0 Å². The Labute approximate surface area is 218 Å². The van der Waals surface area contributed by atoms with Crippen LogP contribution in [0.4, 0.5) is 9.59 Å². The number of carbonyl (C=O) groups excluding carboxylic acids is 2. The van der Waals surface area contributed by atoms with Gasteiger partial charge in [0.2, 0.25) is 0 Å². The van der Waals surface area contributed by atoms with Gasteiger partial charge >= 0.3 is 12.1 Å². The van der Waals surface area contributed by atoms with Crippen LogP contribution in [0.15, 0.2) is 12.1 Å². The van der Waals surface area contributed by atoms with E-state index in [1.165, 1.54) is 0 Å². The van der Waals surface area contributed by atoms with Gasteiger partial charge < -0.3 is 24.0 Å². The smallest absolute Gasteiger partial charge is 0.410 e. The molecule has 0 unspecified atom stereocenters. The second kappa shape index (κ2) is 10.0. The van der Waals surface area contributed by atoms with Crippen LogP contribution in [0.1, 0.15) is 62.8 Å². The molecule has 0 aromatic heterocycles. The van der Waals surface area contributed by atoms with Crippen molar-refractivity contribution in [2.45, 2.75) is 64.6 Å². The van der Waals surface area contributed by atoms with Crippen LogP contribution in [-0.2, 0) is 27.2 Å². The van der Waals surface area contributed by atoms with Gasteiger partial charge in [-0.1, -0.05) is 11.6 Å². The molecule has 0 saturated carbocycles. The quantitative estimate of drug-likeness (QED) is 0.541. The zero-order chi connectivity index (χ0) is 25.5. The second-order valence-electron chi connectivity index (χ2n) is 11.6. The highest BCUT2D eigenvalue weighted by molar-refractivity contribution is 6.30. The summed E-state index contributed by atoms with van der Waals surface area (Å²) >= 11 is 6.55. The standard InChI is InChI=1S/C27H38ClN3O5/c1-26(2,3)36-25(33)31-10-13-35-17-23(31)21-15-20(28)14-19-4-8-29(16-22(19)21)24(32)30-9-5-27(18-30)6-11-34-12-7-27/h14-15,23H,4-13,16-18H2,1-3H3/t23-/m0/s1. The Bertz CT molecular complexity index is 1000. The minimum absolute atomic E-state index is 0.105. The Morgan fingerprint density at radius 2 is 1.81 bits per heavy atom. The molecule has 3 amide bonds. The van der Waals surface area contributed by atoms with E-state index in [0.29, 0.717) is 37.9 Å². The summed E-state index contributed by atoms with van der Waals surface area (Å²) in [6.07, 6.45) is 3.50. The summed E-state index contributed by atoms with van der Waals surface area (Å²) in [5, 5.41) is 0.638. The number of urea groups is 1. The lowest BCUT2D eigenvalue weighted by Crippen LogP contribution is -2.48. The third kappa shape index (κ3) is 5.31. The van der Waals surface area contributed by atoms with Crippen molar-refractivity contribution in [3.8, 4) is 0 Å². The highest BCUT2D eigenvalue weighted by Crippen LogP contribution is 2.41. The molecule has 198 valence electrons. The molecular formula is C27H38ClN3O5. The first-order chi connectivity index (χ1) is 17.1. The number of ether oxygens (including phenoxy) is 3. The van der Waals surface area contributed by atoms with Crippen molar-refractivity contribution < 1.29 is 23.8 Å². The average Bonchev–Trinajstić information content (AvgIpc) is 3.25. The van der Waals surface area contributed by atoms with E-state index in [1.807, 2.05) is 42.7 Å². The molecule has 4 aliphatic heterocycles. The van der Waals surface area contributed by atoms with E-state index in [-0.39, 0.29) is 23.6 Å². The van der Waals surface area contributed by atoms with Crippen LogP contribution >= 0.6 is 11.6 Å². The van der Waals surface area contributed by atoms with E-state index >= 15 is 0 Å². The minimum Gasteiger partial charge on any atom is -0.444 e. The summed E-state index contributed by atoms with van der Waals surface area (Å²) < 4.78 is 17.1. The molecular weight excluding hydrogens is 482 g/mol. The molecule has 8 nitrogen and oxygen atoms in total. The Morgan fingerprint density at radius 3 is 2.56 bits per heavy atom. The average molecular weight is 520 g/mol. The van der Waals surface area contributed by atoms with Crippen LogP contribution in [0.25, 0.3) is 0 Å². The molecule has 1 atom stereocenters. The first-order valence-electron chi connectivity index (χ1n) is 13.1. The topological polar surface area (TPSA) is 71.5 Å². The van der Waals surface area contributed by atoms with Crippen LogP contribution in [0, 0.1) is 5.41 Å². The maximum absolute atomic E-state index is 13.6. The van der Waals surface area contributed by atoms with Crippen LogP contribution in [0.2, 0.25) is 5.02 Å². The van der Waals surface area contributed by atoms with Crippen LogP contribution in [-0.4, -0.2) is 85.0 Å². The van der Waals surface area contributed by atoms with Gasteiger partial charge in [-0.05, 0) is 80.7 Å². The Morgan fingerprint density at radius 1 is 1.03 bits per heavy atom. The van der Waals surface area contributed by atoms with Gasteiger partial charge in [-0.25, -0.2) is 9.59 Å². The first kappa shape index (κ1) is 25.6. The Hall–Kier alpha value is -2.03. The number of amides is 3. The monoisotopic (exact) mass is 519 g/mol. The van der Waals surface area contributed by atoms with Crippen molar-refractivity contribution >= 4 is 23.7 Å². The van der Waals surface area contributed by atoms with E-state index in [0.717, 1.165) is 68.7 Å². The number of halogens is 1. The van der Waals surface area contributed by atoms with Crippen molar-refractivity contribution in [1.82, 2.24) is 14.7 Å². The summed E-state index contributed by atoms with van der Waals surface area (Å²) in [7, 11) is 0. The fourth-order valence-electron chi connectivity index (χ4n) is 6.03. The number of hydrogen-bond acceptors (Lipinski definition) is 5. The number of likely N-dealkylation sites (tertiary alicyclic amines) is 1. The lowest BCUT2D eigenvalue weighted by molar-refractivity contribution is -0.0334. The summed E-state index contributed by atoms with van der Waals surface area (Å²) in [6.45, 7) is 11.3. The molecule has 3 saturated heterocycles. The lowest BCUT2D eigenvalue weighted by Gasteiger charge is -2.40. The van der Waals surface area contributed by atoms with E-state index < -0.39 is 5.60 Å². The van der Waals surface area contributed by atoms with Crippen molar-refractivity contribution in [2.24, 2.45) is 5.41 Å². The molecule has 9 heteroatoms. The van der Waals surface area contributed by atoms with Crippen molar-refractivity contribution in [2.75, 3.05) is 52.6 Å². The molecule has 4 aliphatic rings. The number of carbonyl (C=O) groups is 2. The van der Waals surface area contributed by atoms with E-state index in [1.54, 1.807) is 4.90 Å². The van der Waals surface area contributed by atoms with Gasteiger partial charge in [0.05, 0.1) is 19.3 Å². The first-order valence-corrected chi connectivity index (χ1v) is 13.5. The van der Waals surface area contributed by atoms with E-state index in [2.05, 4.69) is 0 Å². The second-order valence-corrected chi connectivity index (χ2v) is 12.1. The number of fused-ring (bicyclic) bond motifs is 1. The van der Waals surface area contributed by atoms with Gasteiger partial charge in [-0.15, -0.1) is 0 Å². The fraction of sp³-hybridized carbons (Fsp3) is 0.704. The van der Waals surface area contributed by atoms with Gasteiger partial charge in [-0.3, -0.25) is 4.90 Å². The van der Waals surface area contributed by atoms with Crippen molar-refractivity contribution in [3.05, 3.63) is 33.8 Å². The molecule has 36 heavy (non-hydrogen) atoms. The van der Waals surface area contributed by atoms with Crippen LogP contribution in [0.3, 0.4) is 0 Å². The highest BCUT2D eigenvalue weighted by Gasteiger charge is 2.43. The molecule has 0 N–H and O–H groups in total. The third-order valence-electron chi connectivity index (χ3n) is 7.99. The summed E-state index contributed by atoms with van der Waals surface area (Å²) in [5.74, 6) is 0. The van der Waals surface area contributed by atoms with Gasteiger partial charge in [-0.2, -0.15) is 0 Å². The predicted octanol–water partition coefficient (Wildman–Crippen LogP) is 4.63. The van der Waals surface area contributed by atoms with E-state index in [9.17, 15) is 9.59 Å². The number of rotatable bonds is 1. The molecule has 0 aliphatic carbocycles. The molecule has 1 aromatic rings. The number of morpholine rings is 1. The molecule has 1 aromatic carbocycles. The van der Waals surface area contributed by atoms with Gasteiger partial charge in [0.15, 0.2) is 0 Å². The predicted molar refractivity (Wildman–Crippen MR) is 136 cm³/mol. The van der Waals surface area contributed by atoms with Crippen LogP contribution < -0.4 is 0 Å². The Balaban J connectivity index is 1.37. The maximum atomic E-state index is 13.6. The summed E-state index contributed by atoms with van der Waals surface area (Å²) in [5.41, 5.74) is 2.78. The largest absolute Gasteiger partial charge is 0.444 e. The molecule has 1 spiro atoms. The normalized spacial score (nSPS) is 24.1. The molecule has 0 radical (unpaired) electrons. The van der Waals surface area contributed by atoms with Crippen LogP contribution in [0.5, 0.6) is 0 Å². The summed E-state index contributed by atoms with van der Waals surface area (Å²) in [4.78, 5) is 32.4.